The van der Waals surface area contributed by atoms with Crippen molar-refractivity contribution in [1.29, 1.82) is 0 Å². The third-order valence-corrected chi connectivity index (χ3v) is 3.99. The second kappa shape index (κ2) is 4.07. The molecule has 1 fully saturated rings. The molecule has 0 spiro atoms. The minimum absolute atomic E-state index is 0.0181. The Labute approximate surface area is 110 Å². The second-order valence-electron chi connectivity index (χ2n) is 6.65. The van der Waals surface area contributed by atoms with Crippen molar-refractivity contribution in [1.82, 2.24) is 9.78 Å². The van der Waals surface area contributed by atoms with Gasteiger partial charge in [0.15, 0.2) is 0 Å². The lowest BCUT2D eigenvalue weighted by Gasteiger charge is -2.30. The Morgan fingerprint density at radius 3 is 2.44 bits per heavy atom. The van der Waals surface area contributed by atoms with Crippen molar-refractivity contribution in [2.24, 2.45) is 18.7 Å². The van der Waals surface area contributed by atoms with Crippen LogP contribution in [0.3, 0.4) is 0 Å². The molecule has 0 amide bonds. The minimum atomic E-state index is -0.189. The predicted molar refractivity (Wildman–Crippen MR) is 72.2 cm³/mol. The van der Waals surface area contributed by atoms with Crippen molar-refractivity contribution in [3.63, 3.8) is 0 Å². The highest BCUT2D eigenvalue weighted by atomic mass is 16.5. The van der Waals surface area contributed by atoms with E-state index in [1.165, 1.54) is 0 Å². The summed E-state index contributed by atoms with van der Waals surface area (Å²) in [5.41, 5.74) is 8.35. The highest BCUT2D eigenvalue weighted by Crippen LogP contribution is 2.47. The van der Waals surface area contributed by atoms with E-state index < -0.39 is 0 Å². The molecule has 2 unspecified atom stereocenters. The first-order valence-electron chi connectivity index (χ1n) is 6.58. The van der Waals surface area contributed by atoms with Gasteiger partial charge in [-0.2, -0.15) is 5.10 Å². The first kappa shape index (κ1) is 13.6. The summed E-state index contributed by atoms with van der Waals surface area (Å²) in [7, 11) is 1.93. The molecule has 0 radical (unpaired) electrons. The van der Waals surface area contributed by atoms with E-state index in [1.807, 2.05) is 24.9 Å². The maximum absolute atomic E-state index is 6.48. The van der Waals surface area contributed by atoms with E-state index in [2.05, 4.69) is 32.8 Å². The summed E-state index contributed by atoms with van der Waals surface area (Å²) < 4.78 is 7.96. The Kier molecular flexibility index (Phi) is 3.06. The number of nitrogens with two attached hydrogens (primary N) is 1. The Balaban J connectivity index is 2.29. The summed E-state index contributed by atoms with van der Waals surface area (Å²) in [5, 5.41) is 4.38. The Bertz CT molecular complexity index is 448. The van der Waals surface area contributed by atoms with E-state index in [-0.39, 0.29) is 17.2 Å². The molecule has 2 N–H and O–H groups in total. The van der Waals surface area contributed by atoms with Crippen molar-refractivity contribution in [3.05, 3.63) is 17.5 Å². The van der Waals surface area contributed by atoms with Crippen LogP contribution >= 0.6 is 0 Å². The van der Waals surface area contributed by atoms with Crippen LogP contribution < -0.4 is 5.73 Å². The van der Waals surface area contributed by atoms with Gasteiger partial charge in [0.25, 0.3) is 0 Å². The monoisotopic (exact) mass is 251 g/mol. The van der Waals surface area contributed by atoms with Crippen molar-refractivity contribution in [2.75, 3.05) is 0 Å². The fourth-order valence-electron chi connectivity index (χ4n) is 3.33. The summed E-state index contributed by atoms with van der Waals surface area (Å²) in [4.78, 5) is 0. The zero-order valence-electron chi connectivity index (χ0n) is 12.3. The largest absolute Gasteiger partial charge is 0.369 e. The van der Waals surface area contributed by atoms with Gasteiger partial charge in [-0.15, -0.1) is 0 Å². The average Bonchev–Trinajstić information content (AvgIpc) is 2.61. The maximum Gasteiger partial charge on any atom is 0.0680 e. The SMILES string of the molecule is Cc1nn(C)cc1C(N)C1CC(C)(C)OC1(C)C. The van der Waals surface area contributed by atoms with Crippen LogP contribution in [-0.4, -0.2) is 21.0 Å². The molecule has 18 heavy (non-hydrogen) atoms. The summed E-state index contributed by atoms with van der Waals surface area (Å²) in [6.07, 6.45) is 3.01. The van der Waals surface area contributed by atoms with Gasteiger partial charge in [0.2, 0.25) is 0 Å². The third-order valence-electron chi connectivity index (χ3n) is 3.99. The van der Waals surface area contributed by atoms with Gasteiger partial charge in [0, 0.05) is 30.8 Å². The topological polar surface area (TPSA) is 53.1 Å². The molecule has 0 saturated carbocycles. The van der Waals surface area contributed by atoms with Gasteiger partial charge in [-0.25, -0.2) is 0 Å². The highest BCUT2D eigenvalue weighted by molar-refractivity contribution is 5.22. The Morgan fingerprint density at radius 2 is 2.06 bits per heavy atom. The summed E-state index contributed by atoms with van der Waals surface area (Å²) in [6, 6.07) is -0.0181. The van der Waals surface area contributed by atoms with Crippen LogP contribution in [0.25, 0.3) is 0 Å². The molecule has 2 atom stereocenters. The number of nitrogens with zero attached hydrogens (tertiary/aromatic N) is 2. The Morgan fingerprint density at radius 1 is 1.44 bits per heavy atom. The minimum Gasteiger partial charge on any atom is -0.369 e. The highest BCUT2D eigenvalue weighted by Gasteiger charge is 2.48. The number of ether oxygens (including phenoxy) is 1. The lowest BCUT2D eigenvalue weighted by molar-refractivity contribution is -0.0767. The van der Waals surface area contributed by atoms with Gasteiger partial charge < -0.3 is 10.5 Å². The molecular formula is C14H25N3O. The van der Waals surface area contributed by atoms with E-state index in [4.69, 9.17) is 10.5 Å². The fraction of sp³-hybridized carbons (Fsp3) is 0.786. The van der Waals surface area contributed by atoms with E-state index in [9.17, 15) is 0 Å². The molecule has 1 aromatic rings. The van der Waals surface area contributed by atoms with Crippen LogP contribution in [0.15, 0.2) is 6.20 Å². The summed E-state index contributed by atoms with van der Waals surface area (Å²) >= 11 is 0. The molecule has 1 aliphatic heterocycles. The lowest BCUT2D eigenvalue weighted by atomic mass is 9.79. The van der Waals surface area contributed by atoms with Crippen LogP contribution in [0, 0.1) is 12.8 Å². The van der Waals surface area contributed by atoms with Crippen LogP contribution in [0.1, 0.15) is 51.4 Å². The molecule has 1 aromatic heterocycles. The van der Waals surface area contributed by atoms with Gasteiger partial charge in [0.1, 0.15) is 0 Å². The number of rotatable bonds is 2. The molecule has 0 aromatic carbocycles. The van der Waals surface area contributed by atoms with Crippen LogP contribution in [0.5, 0.6) is 0 Å². The van der Waals surface area contributed by atoms with Crippen LogP contribution in [0.4, 0.5) is 0 Å². The molecule has 1 saturated heterocycles. The zero-order valence-corrected chi connectivity index (χ0v) is 12.3. The van der Waals surface area contributed by atoms with Crippen LogP contribution in [0.2, 0.25) is 0 Å². The third kappa shape index (κ3) is 2.31. The quantitative estimate of drug-likeness (QED) is 0.877. The van der Waals surface area contributed by atoms with Crippen LogP contribution in [-0.2, 0) is 11.8 Å². The molecular weight excluding hydrogens is 226 g/mol. The molecule has 102 valence electrons. The molecule has 0 bridgehead atoms. The first-order chi connectivity index (χ1) is 8.12. The zero-order chi connectivity index (χ0) is 13.7. The van der Waals surface area contributed by atoms with Crippen molar-refractivity contribution in [2.45, 2.75) is 58.3 Å². The van der Waals surface area contributed by atoms with Gasteiger partial charge in [-0.3, -0.25) is 4.68 Å². The number of aryl methyl sites for hydroxylation is 2. The molecule has 2 heterocycles. The second-order valence-corrected chi connectivity index (χ2v) is 6.65. The van der Waals surface area contributed by atoms with E-state index in [0.717, 1.165) is 17.7 Å². The van der Waals surface area contributed by atoms with Crippen molar-refractivity contribution in [3.8, 4) is 0 Å². The van der Waals surface area contributed by atoms with E-state index in [1.54, 1.807) is 0 Å². The van der Waals surface area contributed by atoms with Gasteiger partial charge in [0.05, 0.1) is 16.9 Å². The molecule has 1 aliphatic rings. The molecule has 2 rings (SSSR count). The van der Waals surface area contributed by atoms with Gasteiger partial charge >= 0.3 is 0 Å². The normalized spacial score (nSPS) is 27.4. The molecule has 0 aliphatic carbocycles. The summed E-state index contributed by atoms with van der Waals surface area (Å²) in [6.45, 7) is 10.6. The predicted octanol–water partition coefficient (Wildman–Crippen LogP) is 2.32. The maximum atomic E-state index is 6.48. The van der Waals surface area contributed by atoms with E-state index >= 15 is 0 Å². The first-order valence-corrected chi connectivity index (χ1v) is 6.58. The number of hydrogen-bond acceptors (Lipinski definition) is 3. The fourth-order valence-corrected chi connectivity index (χ4v) is 3.33. The number of hydrogen-bond donors (Lipinski definition) is 1. The van der Waals surface area contributed by atoms with E-state index in [0.29, 0.717) is 5.92 Å². The smallest absolute Gasteiger partial charge is 0.0680 e. The number of aromatic nitrogens is 2. The summed E-state index contributed by atoms with van der Waals surface area (Å²) in [5.74, 6) is 0.315. The average molecular weight is 251 g/mol. The van der Waals surface area contributed by atoms with Gasteiger partial charge in [-0.05, 0) is 41.0 Å². The molecule has 4 nitrogen and oxygen atoms in total. The lowest BCUT2D eigenvalue weighted by Crippen LogP contribution is -2.36. The Hall–Kier alpha value is -0.870. The van der Waals surface area contributed by atoms with Crippen molar-refractivity contribution >= 4 is 0 Å². The van der Waals surface area contributed by atoms with Gasteiger partial charge in [-0.1, -0.05) is 0 Å². The van der Waals surface area contributed by atoms with Crippen molar-refractivity contribution < 1.29 is 4.74 Å². The standard InChI is InChI=1S/C14H25N3O/c1-9-10(8-17(6)16-9)12(15)11-7-13(2,3)18-14(11,4)5/h8,11-12H,7,15H2,1-6H3. The molecule has 4 heteroatoms.